The Morgan fingerprint density at radius 2 is 1.67 bits per heavy atom. The van der Waals surface area contributed by atoms with Crippen molar-refractivity contribution in [2.45, 2.75) is 82.0 Å². The number of halogens is 1. The third-order valence-corrected chi connectivity index (χ3v) is 4.96. The van der Waals surface area contributed by atoms with Gasteiger partial charge in [0.25, 0.3) is 0 Å². The molecule has 0 bridgehead atoms. The van der Waals surface area contributed by atoms with Gasteiger partial charge in [0, 0.05) is 17.8 Å². The molecule has 0 aromatic carbocycles. The lowest BCUT2D eigenvalue weighted by atomic mass is 9.86. The van der Waals surface area contributed by atoms with E-state index in [2.05, 4.69) is 5.32 Å². The van der Waals surface area contributed by atoms with Crippen molar-refractivity contribution in [1.29, 1.82) is 0 Å². The molecule has 0 aliphatic heterocycles. The van der Waals surface area contributed by atoms with Crippen LogP contribution < -0.4 is 5.32 Å². The molecule has 1 amide bonds. The second-order valence-electron chi connectivity index (χ2n) is 6.06. The molecule has 0 heterocycles. The Bertz CT molecular complexity index is 255. The number of rotatable bonds is 4. The third-order valence-electron chi connectivity index (χ3n) is 4.53. The van der Waals surface area contributed by atoms with Gasteiger partial charge in [-0.3, -0.25) is 4.79 Å². The number of nitrogens with one attached hydrogen (secondary N) is 1. The van der Waals surface area contributed by atoms with Crippen molar-refractivity contribution in [3.05, 3.63) is 0 Å². The summed E-state index contributed by atoms with van der Waals surface area (Å²) < 4.78 is 0. The van der Waals surface area contributed by atoms with Crippen molar-refractivity contribution in [2.75, 3.05) is 0 Å². The summed E-state index contributed by atoms with van der Waals surface area (Å²) in [7, 11) is 0. The second-order valence-corrected chi connectivity index (χ2v) is 6.68. The lowest BCUT2D eigenvalue weighted by Gasteiger charge is -2.26. The van der Waals surface area contributed by atoms with Crippen LogP contribution in [0.4, 0.5) is 0 Å². The number of carbonyl (C=O) groups is 1. The number of hydrogen-bond acceptors (Lipinski definition) is 1. The van der Waals surface area contributed by atoms with Gasteiger partial charge in [-0.25, -0.2) is 0 Å². The monoisotopic (exact) mass is 271 g/mol. The molecule has 0 aromatic rings. The SMILES string of the molecule is O=C(CCC1CCCCC1)NC1CCC(Cl)CC1. The molecule has 104 valence electrons. The minimum atomic E-state index is 0.263. The predicted octanol–water partition coefficient (Wildman–Crippen LogP) is 4.01. The van der Waals surface area contributed by atoms with E-state index in [4.69, 9.17) is 11.6 Å². The van der Waals surface area contributed by atoms with Gasteiger partial charge in [0.05, 0.1) is 0 Å². The van der Waals surface area contributed by atoms with Gasteiger partial charge in [-0.05, 0) is 38.0 Å². The number of hydrogen-bond donors (Lipinski definition) is 1. The summed E-state index contributed by atoms with van der Waals surface area (Å²) in [5.74, 6) is 1.07. The van der Waals surface area contributed by atoms with Crippen LogP contribution in [0.15, 0.2) is 0 Å². The highest BCUT2D eigenvalue weighted by atomic mass is 35.5. The molecular formula is C15H26ClNO. The van der Waals surface area contributed by atoms with Gasteiger partial charge >= 0.3 is 0 Å². The molecule has 2 saturated carbocycles. The van der Waals surface area contributed by atoms with Crippen LogP contribution >= 0.6 is 11.6 Å². The van der Waals surface area contributed by atoms with Crippen LogP contribution in [-0.2, 0) is 4.79 Å². The maximum absolute atomic E-state index is 11.9. The smallest absolute Gasteiger partial charge is 0.220 e. The zero-order valence-electron chi connectivity index (χ0n) is 11.3. The molecule has 1 N–H and O–H groups in total. The molecule has 18 heavy (non-hydrogen) atoms. The first kappa shape index (κ1) is 14.2. The highest BCUT2D eigenvalue weighted by Crippen LogP contribution is 2.27. The van der Waals surface area contributed by atoms with E-state index < -0.39 is 0 Å². The Hall–Kier alpha value is -0.240. The van der Waals surface area contributed by atoms with Gasteiger partial charge in [0.2, 0.25) is 5.91 Å². The quantitative estimate of drug-likeness (QED) is 0.769. The highest BCUT2D eigenvalue weighted by molar-refractivity contribution is 6.20. The van der Waals surface area contributed by atoms with Gasteiger partial charge in [-0.15, -0.1) is 11.6 Å². The molecular weight excluding hydrogens is 246 g/mol. The van der Waals surface area contributed by atoms with E-state index in [0.717, 1.165) is 44.4 Å². The van der Waals surface area contributed by atoms with Crippen LogP contribution in [0.2, 0.25) is 0 Å². The number of carbonyl (C=O) groups excluding carboxylic acids is 1. The lowest BCUT2D eigenvalue weighted by molar-refractivity contribution is -0.122. The largest absolute Gasteiger partial charge is 0.353 e. The Balaban J connectivity index is 1.59. The van der Waals surface area contributed by atoms with Crippen LogP contribution in [0.3, 0.4) is 0 Å². The van der Waals surface area contributed by atoms with E-state index in [9.17, 15) is 4.79 Å². The zero-order valence-corrected chi connectivity index (χ0v) is 12.1. The van der Waals surface area contributed by atoms with Crippen molar-refractivity contribution in [2.24, 2.45) is 5.92 Å². The average molecular weight is 272 g/mol. The number of alkyl halides is 1. The molecule has 0 atom stereocenters. The Morgan fingerprint density at radius 3 is 2.33 bits per heavy atom. The van der Waals surface area contributed by atoms with Crippen molar-refractivity contribution >= 4 is 17.5 Å². The molecule has 0 spiro atoms. The zero-order chi connectivity index (χ0) is 12.8. The first-order valence-electron chi connectivity index (χ1n) is 7.67. The molecule has 0 aromatic heterocycles. The van der Waals surface area contributed by atoms with E-state index >= 15 is 0 Å². The van der Waals surface area contributed by atoms with Crippen LogP contribution in [0, 0.1) is 5.92 Å². The van der Waals surface area contributed by atoms with E-state index in [-0.39, 0.29) is 5.91 Å². The van der Waals surface area contributed by atoms with Crippen LogP contribution in [0.25, 0.3) is 0 Å². The topological polar surface area (TPSA) is 29.1 Å². The Labute approximate surface area is 116 Å². The minimum Gasteiger partial charge on any atom is -0.353 e. The fourth-order valence-electron chi connectivity index (χ4n) is 3.31. The van der Waals surface area contributed by atoms with Gasteiger partial charge in [0.15, 0.2) is 0 Å². The average Bonchev–Trinajstić information content (AvgIpc) is 2.40. The summed E-state index contributed by atoms with van der Waals surface area (Å²) in [6.07, 6.45) is 12.8. The normalized spacial score (nSPS) is 30.1. The first-order chi connectivity index (χ1) is 8.74. The van der Waals surface area contributed by atoms with Crippen molar-refractivity contribution in [3.63, 3.8) is 0 Å². The summed E-state index contributed by atoms with van der Waals surface area (Å²) >= 11 is 6.07. The Morgan fingerprint density at radius 1 is 1.00 bits per heavy atom. The molecule has 0 unspecified atom stereocenters. The third kappa shape index (κ3) is 4.79. The van der Waals surface area contributed by atoms with E-state index in [1.807, 2.05) is 0 Å². The van der Waals surface area contributed by atoms with Crippen molar-refractivity contribution < 1.29 is 4.79 Å². The summed E-state index contributed by atoms with van der Waals surface area (Å²) in [4.78, 5) is 11.9. The Kier molecular flexibility index (Phi) is 5.81. The summed E-state index contributed by atoms with van der Waals surface area (Å²) in [6, 6.07) is 0.388. The molecule has 2 aliphatic carbocycles. The maximum atomic E-state index is 11.9. The van der Waals surface area contributed by atoms with Gasteiger partial charge in [-0.2, -0.15) is 0 Å². The first-order valence-corrected chi connectivity index (χ1v) is 8.11. The van der Waals surface area contributed by atoms with Crippen molar-refractivity contribution in [3.8, 4) is 0 Å². The molecule has 0 radical (unpaired) electrons. The number of amides is 1. The van der Waals surface area contributed by atoms with E-state index in [1.54, 1.807) is 0 Å². The van der Waals surface area contributed by atoms with Crippen LogP contribution in [-0.4, -0.2) is 17.3 Å². The van der Waals surface area contributed by atoms with Gasteiger partial charge < -0.3 is 5.32 Å². The van der Waals surface area contributed by atoms with E-state index in [1.165, 1.54) is 32.1 Å². The van der Waals surface area contributed by atoms with Crippen LogP contribution in [0.1, 0.15) is 70.6 Å². The lowest BCUT2D eigenvalue weighted by Crippen LogP contribution is -2.37. The minimum absolute atomic E-state index is 0.263. The summed E-state index contributed by atoms with van der Waals surface area (Å²) in [5.41, 5.74) is 0. The van der Waals surface area contributed by atoms with Crippen molar-refractivity contribution in [1.82, 2.24) is 5.32 Å². The second kappa shape index (κ2) is 7.37. The molecule has 2 fully saturated rings. The molecule has 2 rings (SSSR count). The fraction of sp³-hybridized carbons (Fsp3) is 0.933. The van der Waals surface area contributed by atoms with Gasteiger partial charge in [-0.1, -0.05) is 32.1 Å². The van der Waals surface area contributed by atoms with Crippen LogP contribution in [0.5, 0.6) is 0 Å². The fourth-order valence-corrected chi connectivity index (χ4v) is 3.56. The van der Waals surface area contributed by atoms with E-state index in [0.29, 0.717) is 11.4 Å². The van der Waals surface area contributed by atoms with Gasteiger partial charge in [0.1, 0.15) is 0 Å². The standard InChI is InChI=1S/C15H26ClNO/c16-13-7-9-14(10-8-13)17-15(18)11-6-12-4-2-1-3-5-12/h12-14H,1-11H2,(H,17,18). The molecule has 2 nitrogen and oxygen atoms in total. The molecule has 0 saturated heterocycles. The summed E-state index contributed by atoms with van der Waals surface area (Å²) in [6.45, 7) is 0. The summed E-state index contributed by atoms with van der Waals surface area (Å²) in [5, 5.41) is 3.52. The predicted molar refractivity (Wildman–Crippen MR) is 75.8 cm³/mol. The maximum Gasteiger partial charge on any atom is 0.220 e. The molecule has 3 heteroatoms. The molecule has 2 aliphatic rings. The highest BCUT2D eigenvalue weighted by Gasteiger charge is 2.21.